The van der Waals surface area contributed by atoms with E-state index in [0.717, 1.165) is 48.8 Å². The number of nitrogens with one attached hydrogen (secondary N) is 1. The molecule has 0 unspecified atom stereocenters. The Labute approximate surface area is 153 Å². The van der Waals surface area contributed by atoms with Crippen LogP contribution in [0.4, 0.5) is 11.4 Å². The number of non-ortho nitro benzene ring substituents is 1. The van der Waals surface area contributed by atoms with Crippen LogP contribution in [0.25, 0.3) is 0 Å². The molecule has 2 heterocycles. The molecule has 1 aliphatic heterocycles. The van der Waals surface area contributed by atoms with Crippen molar-refractivity contribution in [2.45, 2.75) is 13.8 Å². The highest BCUT2D eigenvalue weighted by molar-refractivity contribution is 5.98. The van der Waals surface area contributed by atoms with E-state index in [0.29, 0.717) is 6.54 Å². The van der Waals surface area contributed by atoms with Gasteiger partial charge in [0.1, 0.15) is 6.54 Å². The van der Waals surface area contributed by atoms with Crippen LogP contribution < -0.4 is 9.80 Å². The van der Waals surface area contributed by atoms with E-state index in [1.807, 2.05) is 27.0 Å². The number of aromatic nitrogens is 1. The zero-order chi connectivity index (χ0) is 18.8. The van der Waals surface area contributed by atoms with Gasteiger partial charge in [-0.25, -0.2) is 0 Å². The molecule has 0 saturated carbocycles. The van der Waals surface area contributed by atoms with Gasteiger partial charge in [0, 0.05) is 41.8 Å². The number of nitro groups is 1. The van der Waals surface area contributed by atoms with E-state index in [4.69, 9.17) is 0 Å². The average molecular weight is 357 g/mol. The summed E-state index contributed by atoms with van der Waals surface area (Å²) in [5.74, 6) is 0.199. The molecule has 1 aliphatic rings. The number of ketones is 1. The fourth-order valence-corrected chi connectivity index (χ4v) is 3.50. The van der Waals surface area contributed by atoms with E-state index in [-0.39, 0.29) is 16.4 Å². The second-order valence-corrected chi connectivity index (χ2v) is 6.95. The van der Waals surface area contributed by atoms with Crippen LogP contribution in [0.15, 0.2) is 30.3 Å². The first-order chi connectivity index (χ1) is 12.4. The predicted octanol–water partition coefficient (Wildman–Crippen LogP) is 1.14. The molecule has 0 atom stereocenters. The topological polar surface area (TPSA) is 72.8 Å². The van der Waals surface area contributed by atoms with E-state index in [1.165, 1.54) is 4.90 Å². The summed E-state index contributed by atoms with van der Waals surface area (Å²) in [6.07, 6.45) is 0. The highest BCUT2D eigenvalue weighted by Crippen LogP contribution is 2.19. The lowest BCUT2D eigenvalue weighted by molar-refractivity contribution is -0.892. The Morgan fingerprint density at radius 2 is 1.81 bits per heavy atom. The maximum Gasteiger partial charge on any atom is 0.269 e. The van der Waals surface area contributed by atoms with Crippen molar-refractivity contribution in [2.75, 3.05) is 37.6 Å². The Morgan fingerprint density at radius 1 is 1.19 bits per heavy atom. The Morgan fingerprint density at radius 3 is 2.31 bits per heavy atom. The molecule has 1 saturated heterocycles. The number of quaternary nitrogens is 1. The second-order valence-electron chi connectivity index (χ2n) is 6.95. The monoisotopic (exact) mass is 357 g/mol. The van der Waals surface area contributed by atoms with Crippen LogP contribution in [0.1, 0.15) is 21.7 Å². The Hall–Kier alpha value is -2.67. The summed E-state index contributed by atoms with van der Waals surface area (Å²) in [7, 11) is 1.98. The predicted molar refractivity (Wildman–Crippen MR) is 100 cm³/mol. The number of benzene rings is 1. The van der Waals surface area contributed by atoms with Crippen LogP contribution in [-0.2, 0) is 7.05 Å². The van der Waals surface area contributed by atoms with Crippen molar-refractivity contribution in [2.24, 2.45) is 7.05 Å². The van der Waals surface area contributed by atoms with Gasteiger partial charge in [0.15, 0.2) is 0 Å². The van der Waals surface area contributed by atoms with Crippen molar-refractivity contribution >= 4 is 17.2 Å². The van der Waals surface area contributed by atoms with Gasteiger partial charge in [-0.1, -0.05) is 0 Å². The third-order valence-electron chi connectivity index (χ3n) is 5.38. The molecule has 138 valence electrons. The number of Topliss-reactive ketones (excluding diaryl/α,β-unsaturated/α-hetero) is 1. The summed E-state index contributed by atoms with van der Waals surface area (Å²) >= 11 is 0. The van der Waals surface area contributed by atoms with Gasteiger partial charge in [-0.15, -0.1) is 0 Å². The Bertz CT molecular complexity index is 818. The summed E-state index contributed by atoms with van der Waals surface area (Å²) in [5, 5.41) is 10.8. The van der Waals surface area contributed by atoms with E-state index in [9.17, 15) is 14.9 Å². The molecule has 26 heavy (non-hydrogen) atoms. The molecule has 3 rings (SSSR count). The van der Waals surface area contributed by atoms with Crippen molar-refractivity contribution in [3.63, 3.8) is 0 Å². The lowest BCUT2D eigenvalue weighted by atomic mass is 10.1. The zero-order valence-corrected chi connectivity index (χ0v) is 15.5. The summed E-state index contributed by atoms with van der Waals surface area (Å²) in [6, 6.07) is 8.65. The van der Waals surface area contributed by atoms with Crippen LogP contribution in [-0.4, -0.2) is 48.0 Å². The highest BCUT2D eigenvalue weighted by atomic mass is 16.6. The lowest BCUT2D eigenvalue weighted by Crippen LogP contribution is -3.15. The Balaban J connectivity index is 1.57. The highest BCUT2D eigenvalue weighted by Gasteiger charge is 2.24. The molecule has 7 nitrogen and oxygen atoms in total. The quantitative estimate of drug-likeness (QED) is 0.495. The SMILES string of the molecule is Cc1cc(C(=O)C[NH+]2CCN(c3ccc([N+](=O)[O-])cc3)CC2)c(C)n1C. The molecule has 1 fully saturated rings. The number of anilines is 1. The minimum absolute atomic E-state index is 0.108. The van der Waals surface area contributed by atoms with Gasteiger partial charge in [-0.05, 0) is 32.0 Å². The molecule has 0 radical (unpaired) electrons. The average Bonchev–Trinajstić information content (AvgIpc) is 2.90. The number of carbonyl (C=O) groups is 1. The fourth-order valence-electron chi connectivity index (χ4n) is 3.50. The first kappa shape index (κ1) is 18.1. The Kier molecular flexibility index (Phi) is 5.08. The first-order valence-corrected chi connectivity index (χ1v) is 8.86. The van der Waals surface area contributed by atoms with Crippen molar-refractivity contribution in [3.05, 3.63) is 57.4 Å². The maximum atomic E-state index is 12.6. The fraction of sp³-hybridized carbons (Fsp3) is 0.421. The maximum absolute atomic E-state index is 12.6. The molecule has 7 heteroatoms. The van der Waals surface area contributed by atoms with Crippen molar-refractivity contribution in [1.82, 2.24) is 4.57 Å². The van der Waals surface area contributed by atoms with Gasteiger partial charge < -0.3 is 14.4 Å². The van der Waals surface area contributed by atoms with Gasteiger partial charge in [0.2, 0.25) is 5.78 Å². The van der Waals surface area contributed by atoms with Gasteiger partial charge in [-0.2, -0.15) is 0 Å². The van der Waals surface area contributed by atoms with Crippen molar-refractivity contribution < 1.29 is 14.6 Å². The molecule has 1 aromatic carbocycles. The van der Waals surface area contributed by atoms with E-state index >= 15 is 0 Å². The van der Waals surface area contributed by atoms with Gasteiger partial charge in [0.25, 0.3) is 5.69 Å². The standard InChI is InChI=1S/C19H24N4O3/c1-14-12-18(15(2)20(14)3)19(24)13-21-8-10-22(11-9-21)16-4-6-17(7-5-16)23(25)26/h4-7,12H,8-11,13H2,1-3H3/p+1. The zero-order valence-electron chi connectivity index (χ0n) is 15.5. The number of hydrogen-bond donors (Lipinski definition) is 1. The van der Waals surface area contributed by atoms with E-state index in [2.05, 4.69) is 9.47 Å². The van der Waals surface area contributed by atoms with Crippen LogP contribution in [0, 0.1) is 24.0 Å². The van der Waals surface area contributed by atoms with Crippen LogP contribution in [0.3, 0.4) is 0 Å². The van der Waals surface area contributed by atoms with Gasteiger partial charge >= 0.3 is 0 Å². The smallest absolute Gasteiger partial charge is 0.269 e. The summed E-state index contributed by atoms with van der Waals surface area (Å²) in [5.41, 5.74) is 4.06. The molecule has 0 aliphatic carbocycles. The number of aryl methyl sites for hydroxylation is 1. The minimum Gasteiger partial charge on any atom is -0.360 e. The number of carbonyl (C=O) groups excluding carboxylic acids is 1. The van der Waals surface area contributed by atoms with Crippen molar-refractivity contribution in [1.29, 1.82) is 0 Å². The number of nitro benzene ring substituents is 1. The third-order valence-corrected chi connectivity index (χ3v) is 5.38. The normalized spacial score (nSPS) is 15.3. The molecule has 1 N–H and O–H groups in total. The van der Waals surface area contributed by atoms with Crippen LogP contribution >= 0.6 is 0 Å². The largest absolute Gasteiger partial charge is 0.360 e. The molecule has 2 aromatic rings. The van der Waals surface area contributed by atoms with Crippen LogP contribution in [0.5, 0.6) is 0 Å². The molecule has 0 spiro atoms. The number of rotatable bonds is 5. The third kappa shape index (κ3) is 3.62. The molecule has 1 aromatic heterocycles. The summed E-state index contributed by atoms with van der Waals surface area (Å²) in [6.45, 7) is 7.96. The van der Waals surface area contributed by atoms with Crippen LogP contribution in [0.2, 0.25) is 0 Å². The van der Waals surface area contributed by atoms with E-state index < -0.39 is 0 Å². The second kappa shape index (κ2) is 7.29. The van der Waals surface area contributed by atoms with Gasteiger partial charge in [-0.3, -0.25) is 14.9 Å². The summed E-state index contributed by atoms with van der Waals surface area (Å²) in [4.78, 5) is 26.5. The molecule has 0 bridgehead atoms. The molecular weight excluding hydrogens is 332 g/mol. The molecular formula is C19H25N4O3+. The minimum atomic E-state index is -0.384. The number of piperazine rings is 1. The van der Waals surface area contributed by atoms with Gasteiger partial charge in [0.05, 0.1) is 31.1 Å². The first-order valence-electron chi connectivity index (χ1n) is 8.86. The lowest BCUT2D eigenvalue weighted by Gasteiger charge is -2.33. The van der Waals surface area contributed by atoms with Crippen molar-refractivity contribution in [3.8, 4) is 0 Å². The van der Waals surface area contributed by atoms with E-state index in [1.54, 1.807) is 24.3 Å². The summed E-state index contributed by atoms with van der Waals surface area (Å²) < 4.78 is 2.05. The number of hydrogen-bond acceptors (Lipinski definition) is 4. The number of nitrogens with zero attached hydrogens (tertiary/aromatic N) is 3. The molecule has 0 amide bonds.